The molecular weight excluding hydrogens is 278 g/mol. The highest BCUT2D eigenvalue weighted by Crippen LogP contribution is 2.37. The molecule has 86 valence electrons. The lowest BCUT2D eigenvalue weighted by Crippen LogP contribution is -2.32. The summed E-state index contributed by atoms with van der Waals surface area (Å²) in [6.07, 6.45) is -0.727. The largest absolute Gasteiger partial charge is 0.320 e. The first-order valence-electron chi connectivity index (χ1n) is 4.76. The van der Waals surface area contributed by atoms with Crippen molar-refractivity contribution in [2.45, 2.75) is 24.8 Å². The average Bonchev–Trinajstić information content (AvgIpc) is 2.23. The summed E-state index contributed by atoms with van der Waals surface area (Å²) in [4.78, 5) is 10.4. The van der Waals surface area contributed by atoms with Gasteiger partial charge in [0, 0.05) is 22.5 Å². The van der Waals surface area contributed by atoms with Crippen molar-refractivity contribution in [3.05, 3.63) is 39.4 Å². The lowest BCUT2D eigenvalue weighted by molar-refractivity contribution is -0.389. The van der Waals surface area contributed by atoms with E-state index in [9.17, 15) is 10.1 Å². The zero-order valence-electron chi connectivity index (χ0n) is 8.55. The minimum Gasteiger partial charge on any atom is -0.320 e. The van der Waals surface area contributed by atoms with Crippen molar-refractivity contribution < 1.29 is 14.4 Å². The Morgan fingerprint density at radius 1 is 1.50 bits per heavy atom. The van der Waals surface area contributed by atoms with Crippen LogP contribution in [0.15, 0.2) is 18.2 Å². The molecule has 2 rings (SSSR count). The molecular formula is C10H10BrNO4. The van der Waals surface area contributed by atoms with Gasteiger partial charge in [0.05, 0.1) is 4.92 Å². The molecule has 0 bridgehead atoms. The molecule has 6 heteroatoms. The molecule has 0 atom stereocenters. The predicted octanol–water partition coefficient (Wildman–Crippen LogP) is 2.88. The average molecular weight is 288 g/mol. The number of hydrogen-bond acceptors (Lipinski definition) is 4. The van der Waals surface area contributed by atoms with Crippen LogP contribution in [-0.4, -0.2) is 11.2 Å². The van der Waals surface area contributed by atoms with Crippen LogP contribution in [0.4, 0.5) is 5.69 Å². The molecule has 1 heterocycles. The predicted molar refractivity (Wildman–Crippen MR) is 60.1 cm³/mol. The van der Waals surface area contributed by atoms with Crippen molar-refractivity contribution >= 4 is 21.6 Å². The van der Waals surface area contributed by atoms with Gasteiger partial charge in [-0.25, -0.2) is 0 Å². The van der Waals surface area contributed by atoms with Gasteiger partial charge in [0.2, 0.25) is 0 Å². The summed E-state index contributed by atoms with van der Waals surface area (Å²) in [5.74, 6) is 0. The zero-order chi connectivity index (χ0) is 11.7. The lowest BCUT2D eigenvalue weighted by atomic mass is 10.1. The fourth-order valence-electron chi connectivity index (χ4n) is 1.63. The molecule has 16 heavy (non-hydrogen) atoms. The van der Waals surface area contributed by atoms with Crippen molar-refractivity contribution in [3.63, 3.8) is 0 Å². The molecule has 5 nitrogen and oxygen atoms in total. The van der Waals surface area contributed by atoms with Gasteiger partial charge >= 0.3 is 0 Å². The molecule has 1 aromatic rings. The molecule has 1 saturated heterocycles. The lowest BCUT2D eigenvalue weighted by Gasteiger charge is -2.34. The van der Waals surface area contributed by atoms with Crippen molar-refractivity contribution in [1.29, 1.82) is 0 Å². The molecule has 0 aliphatic carbocycles. The van der Waals surface area contributed by atoms with Crippen LogP contribution in [-0.2, 0) is 14.8 Å². The number of hydrogen-bond donors (Lipinski definition) is 0. The number of halogens is 1. The smallest absolute Gasteiger partial charge is 0.273 e. The van der Waals surface area contributed by atoms with Gasteiger partial charge in [0.15, 0.2) is 12.6 Å². The maximum Gasteiger partial charge on any atom is 0.273 e. The van der Waals surface area contributed by atoms with E-state index in [1.54, 1.807) is 19.1 Å². The fourth-order valence-corrected chi connectivity index (χ4v) is 2.25. The Bertz CT molecular complexity index is 417. The summed E-state index contributed by atoms with van der Waals surface area (Å²) in [5, 5.41) is 11.2. The third-order valence-electron chi connectivity index (χ3n) is 2.40. The Morgan fingerprint density at radius 3 is 2.69 bits per heavy atom. The van der Waals surface area contributed by atoms with E-state index >= 15 is 0 Å². The third kappa shape index (κ3) is 1.95. The third-order valence-corrected chi connectivity index (χ3v) is 2.96. The molecule has 0 spiro atoms. The van der Waals surface area contributed by atoms with E-state index in [-0.39, 0.29) is 12.0 Å². The standard InChI is InChI=1S/C10H10BrNO4/c1-6-15-10(16-6)7-3-2-4-9(12(13)14)8(7)5-11/h2-4,6,10H,5H2,1H3. The summed E-state index contributed by atoms with van der Waals surface area (Å²) < 4.78 is 10.7. The number of ether oxygens (including phenoxy) is 2. The van der Waals surface area contributed by atoms with Gasteiger partial charge in [-0.3, -0.25) is 10.1 Å². The maximum atomic E-state index is 10.8. The highest BCUT2D eigenvalue weighted by Gasteiger charge is 2.32. The van der Waals surface area contributed by atoms with Crippen LogP contribution in [0.2, 0.25) is 0 Å². The highest BCUT2D eigenvalue weighted by molar-refractivity contribution is 9.08. The molecule has 1 fully saturated rings. The number of alkyl halides is 1. The van der Waals surface area contributed by atoms with Crippen molar-refractivity contribution in [3.8, 4) is 0 Å². The Labute approximate surface area is 101 Å². The van der Waals surface area contributed by atoms with E-state index in [2.05, 4.69) is 15.9 Å². The van der Waals surface area contributed by atoms with E-state index in [0.717, 1.165) is 0 Å². The first-order chi connectivity index (χ1) is 7.63. The fraction of sp³-hybridized carbons (Fsp3) is 0.400. The Hall–Kier alpha value is -0.980. The molecule has 1 aliphatic rings. The topological polar surface area (TPSA) is 61.6 Å². The van der Waals surface area contributed by atoms with Crippen molar-refractivity contribution in [1.82, 2.24) is 0 Å². The first kappa shape index (κ1) is 11.5. The van der Waals surface area contributed by atoms with Crippen molar-refractivity contribution in [2.75, 3.05) is 0 Å². The van der Waals surface area contributed by atoms with Crippen LogP contribution in [0, 0.1) is 10.1 Å². The minimum atomic E-state index is -0.484. The summed E-state index contributed by atoms with van der Waals surface area (Å²) in [6, 6.07) is 4.89. The first-order valence-corrected chi connectivity index (χ1v) is 5.88. The minimum absolute atomic E-state index is 0.0844. The van der Waals surface area contributed by atoms with Gasteiger partial charge in [-0.05, 0) is 6.92 Å². The van der Waals surface area contributed by atoms with Crippen LogP contribution >= 0.6 is 15.9 Å². The molecule has 0 unspecified atom stereocenters. The number of nitro groups is 1. The summed E-state index contributed by atoms with van der Waals surface area (Å²) >= 11 is 3.25. The number of nitro benzene ring substituents is 1. The molecule has 1 aliphatic heterocycles. The van der Waals surface area contributed by atoms with Gasteiger partial charge < -0.3 is 9.47 Å². The summed E-state index contributed by atoms with van der Waals surface area (Å²) in [5.41, 5.74) is 1.40. The summed E-state index contributed by atoms with van der Waals surface area (Å²) in [6.45, 7) is 1.78. The summed E-state index contributed by atoms with van der Waals surface area (Å²) in [7, 11) is 0. The highest BCUT2D eigenvalue weighted by atomic mass is 79.9. The van der Waals surface area contributed by atoms with Crippen molar-refractivity contribution in [2.24, 2.45) is 0 Å². The van der Waals surface area contributed by atoms with Gasteiger partial charge in [0.25, 0.3) is 5.69 Å². The van der Waals surface area contributed by atoms with E-state index in [1.165, 1.54) is 6.07 Å². The Kier molecular flexibility index (Phi) is 3.22. The molecule has 0 radical (unpaired) electrons. The maximum absolute atomic E-state index is 10.8. The van der Waals surface area contributed by atoms with E-state index in [4.69, 9.17) is 9.47 Å². The van der Waals surface area contributed by atoms with Crippen LogP contribution in [0.3, 0.4) is 0 Å². The molecule has 0 aromatic heterocycles. The van der Waals surface area contributed by atoms with E-state index in [0.29, 0.717) is 16.5 Å². The number of nitrogens with zero attached hydrogens (tertiary/aromatic N) is 1. The zero-order valence-corrected chi connectivity index (χ0v) is 10.1. The SMILES string of the molecule is CC1OC(c2cccc([N+](=O)[O-])c2CBr)O1. The quantitative estimate of drug-likeness (QED) is 0.487. The van der Waals surface area contributed by atoms with Gasteiger partial charge in [-0.1, -0.05) is 28.1 Å². The van der Waals surface area contributed by atoms with Crippen LogP contribution in [0.5, 0.6) is 0 Å². The Morgan fingerprint density at radius 2 is 2.19 bits per heavy atom. The Balaban J connectivity index is 2.37. The number of rotatable bonds is 3. The van der Waals surface area contributed by atoms with Crippen LogP contribution in [0.25, 0.3) is 0 Å². The normalized spacial score (nSPS) is 23.9. The molecule has 0 saturated carbocycles. The second-order valence-corrected chi connectivity index (χ2v) is 3.97. The van der Waals surface area contributed by atoms with E-state index in [1.807, 2.05) is 0 Å². The second kappa shape index (κ2) is 4.48. The van der Waals surface area contributed by atoms with Crippen LogP contribution in [0.1, 0.15) is 24.3 Å². The molecule has 1 aromatic carbocycles. The van der Waals surface area contributed by atoms with Gasteiger partial charge in [-0.2, -0.15) is 0 Å². The number of benzene rings is 1. The second-order valence-electron chi connectivity index (χ2n) is 3.41. The van der Waals surface area contributed by atoms with Gasteiger partial charge in [-0.15, -0.1) is 0 Å². The molecule has 0 amide bonds. The monoisotopic (exact) mass is 287 g/mol. The molecule has 0 N–H and O–H groups in total. The van der Waals surface area contributed by atoms with Crippen LogP contribution < -0.4 is 0 Å². The van der Waals surface area contributed by atoms with Gasteiger partial charge in [0.1, 0.15) is 0 Å². The van der Waals surface area contributed by atoms with E-state index < -0.39 is 11.2 Å².